The van der Waals surface area contributed by atoms with Crippen LogP contribution in [-0.4, -0.2) is 44.1 Å². The number of rotatable bonds is 9. The normalized spacial score (nSPS) is 11.3. The minimum atomic E-state index is -4.10. The molecule has 3 aromatic rings. The summed E-state index contributed by atoms with van der Waals surface area (Å²) >= 11 is 0. The summed E-state index contributed by atoms with van der Waals surface area (Å²) < 4.78 is 43.8. The summed E-state index contributed by atoms with van der Waals surface area (Å²) in [4.78, 5) is 17.7. The number of nitrogens with one attached hydrogen (secondary N) is 1. The second-order valence-corrected chi connectivity index (χ2v) is 8.83. The van der Waals surface area contributed by atoms with E-state index in [4.69, 9.17) is 0 Å². The van der Waals surface area contributed by atoms with Crippen molar-refractivity contribution in [1.82, 2.24) is 15.5 Å². The van der Waals surface area contributed by atoms with Crippen molar-refractivity contribution in [2.24, 2.45) is 0 Å². The van der Waals surface area contributed by atoms with Gasteiger partial charge in [0.15, 0.2) is 15.7 Å². The second kappa shape index (κ2) is 9.69. The fourth-order valence-corrected chi connectivity index (χ4v) is 4.45. The zero-order valence-corrected chi connectivity index (χ0v) is 18.0. The summed E-state index contributed by atoms with van der Waals surface area (Å²) in [6.07, 6.45) is 0.988. The third-order valence-corrected chi connectivity index (χ3v) is 6.38. The predicted octanol–water partition coefficient (Wildman–Crippen LogP) is 2.75. The fourth-order valence-electron chi connectivity index (χ4n) is 3.16. The van der Waals surface area contributed by atoms with E-state index < -0.39 is 32.2 Å². The van der Waals surface area contributed by atoms with Crippen LogP contribution >= 0.6 is 0 Å². The summed E-state index contributed by atoms with van der Waals surface area (Å²) in [5.74, 6) is -2.16. The quantitative estimate of drug-likeness (QED) is 0.539. The maximum atomic E-state index is 14.2. The van der Waals surface area contributed by atoms with E-state index in [1.165, 1.54) is 6.07 Å². The van der Waals surface area contributed by atoms with Crippen LogP contribution in [0.25, 0.3) is 0 Å². The van der Waals surface area contributed by atoms with E-state index in [9.17, 15) is 17.6 Å². The van der Waals surface area contributed by atoms with Crippen LogP contribution < -0.4 is 10.2 Å². The highest BCUT2D eigenvalue weighted by atomic mass is 32.2. The second-order valence-electron chi connectivity index (χ2n) is 6.87. The molecule has 0 radical (unpaired) electrons. The Hall–Kier alpha value is -3.27. The van der Waals surface area contributed by atoms with E-state index in [1.54, 1.807) is 0 Å². The van der Waals surface area contributed by atoms with E-state index >= 15 is 0 Å². The van der Waals surface area contributed by atoms with Gasteiger partial charge in [-0.25, -0.2) is 12.8 Å². The Kier molecular flexibility index (Phi) is 7.01. The topological polar surface area (TPSA) is 105 Å². The fraction of sp³-hybridized carbons (Fsp3) is 0.286. The van der Waals surface area contributed by atoms with E-state index in [-0.39, 0.29) is 11.4 Å². The summed E-state index contributed by atoms with van der Waals surface area (Å²) in [6.45, 7) is 5.71. The molecule has 0 saturated heterocycles. The number of carbonyl (C=O) groups excluding carboxylic acids is 1. The number of aryl methyl sites for hydroxylation is 1. The van der Waals surface area contributed by atoms with Gasteiger partial charge in [0, 0.05) is 30.9 Å². The third-order valence-electron chi connectivity index (χ3n) is 4.76. The molecule has 0 bridgehead atoms. The van der Waals surface area contributed by atoms with Crippen LogP contribution in [0.3, 0.4) is 0 Å². The molecule has 0 unspecified atom stereocenters. The Bertz CT molecular complexity index is 1150. The van der Waals surface area contributed by atoms with E-state index in [0.29, 0.717) is 13.1 Å². The molecule has 10 heteroatoms. The van der Waals surface area contributed by atoms with Crippen molar-refractivity contribution in [2.45, 2.75) is 24.5 Å². The first kappa shape index (κ1) is 22.4. The zero-order chi connectivity index (χ0) is 22.4. The molecule has 0 fully saturated rings. The van der Waals surface area contributed by atoms with Crippen LogP contribution in [-0.2, 0) is 15.6 Å². The Morgan fingerprint density at radius 1 is 1.23 bits per heavy atom. The van der Waals surface area contributed by atoms with Crippen LogP contribution in [0.15, 0.2) is 58.3 Å². The van der Waals surface area contributed by atoms with Gasteiger partial charge in [-0.2, -0.15) is 4.98 Å². The first-order chi connectivity index (χ1) is 14.8. The molecular formula is C21H23FN4O4S. The zero-order valence-electron chi connectivity index (χ0n) is 17.2. The Balaban J connectivity index is 1.68. The van der Waals surface area contributed by atoms with Crippen LogP contribution in [0.1, 0.15) is 28.7 Å². The van der Waals surface area contributed by atoms with Crippen molar-refractivity contribution < 1.29 is 22.1 Å². The summed E-state index contributed by atoms with van der Waals surface area (Å²) in [6, 6.07) is 11.2. The highest BCUT2D eigenvalue weighted by Gasteiger charge is 2.23. The van der Waals surface area contributed by atoms with Gasteiger partial charge in [0.2, 0.25) is 6.39 Å². The Morgan fingerprint density at radius 3 is 2.68 bits per heavy atom. The summed E-state index contributed by atoms with van der Waals surface area (Å²) in [5, 5.41) is 6.20. The Labute approximate surface area is 180 Å². The van der Waals surface area contributed by atoms with E-state index in [0.717, 1.165) is 36.3 Å². The van der Waals surface area contributed by atoms with E-state index in [1.807, 2.05) is 38.1 Å². The number of anilines is 1. The Morgan fingerprint density at radius 2 is 2.00 bits per heavy atom. The molecule has 3 rings (SSSR count). The van der Waals surface area contributed by atoms with Gasteiger partial charge in [0.1, 0.15) is 16.5 Å². The molecule has 0 spiro atoms. The van der Waals surface area contributed by atoms with Crippen LogP contribution in [0.2, 0.25) is 0 Å². The van der Waals surface area contributed by atoms with Crippen molar-refractivity contribution in [3.8, 4) is 0 Å². The number of sulfone groups is 1. The SMILES string of the molecule is CCN(CCNC(=O)c1ccc(F)c(S(=O)(=O)Cc2ncon2)c1)c1ccccc1C. The molecule has 1 aromatic heterocycles. The molecule has 164 valence electrons. The minimum Gasteiger partial charge on any atom is -0.370 e. The maximum absolute atomic E-state index is 14.2. The first-order valence-electron chi connectivity index (χ1n) is 9.68. The van der Waals surface area contributed by atoms with Crippen molar-refractivity contribution >= 4 is 21.4 Å². The van der Waals surface area contributed by atoms with Crippen LogP contribution in [0.5, 0.6) is 0 Å². The van der Waals surface area contributed by atoms with Gasteiger partial charge in [-0.05, 0) is 43.7 Å². The highest BCUT2D eigenvalue weighted by Crippen LogP contribution is 2.21. The van der Waals surface area contributed by atoms with Crippen LogP contribution in [0, 0.1) is 12.7 Å². The number of hydrogen-bond acceptors (Lipinski definition) is 7. The van der Waals surface area contributed by atoms with Gasteiger partial charge in [-0.3, -0.25) is 4.79 Å². The molecule has 0 saturated carbocycles. The number of para-hydroxylation sites is 1. The molecule has 0 atom stereocenters. The number of likely N-dealkylation sites (N-methyl/N-ethyl adjacent to an activating group) is 1. The number of aromatic nitrogens is 2. The number of benzene rings is 2. The lowest BCUT2D eigenvalue weighted by molar-refractivity contribution is 0.0954. The molecule has 1 heterocycles. The van der Waals surface area contributed by atoms with Gasteiger partial charge in [-0.15, -0.1) is 0 Å². The molecule has 0 aliphatic rings. The summed E-state index contributed by atoms with van der Waals surface area (Å²) in [7, 11) is -4.10. The standard InChI is InChI=1S/C21H23FN4O4S/c1-3-26(18-7-5-4-6-15(18)2)11-10-23-21(27)16-8-9-17(22)19(12-16)31(28,29)13-20-24-14-30-25-20/h4-9,12,14H,3,10-11,13H2,1-2H3,(H,23,27). The average Bonchev–Trinajstić information content (AvgIpc) is 3.24. The molecular weight excluding hydrogens is 423 g/mol. The van der Waals surface area contributed by atoms with Gasteiger partial charge < -0.3 is 14.7 Å². The largest absolute Gasteiger partial charge is 0.370 e. The first-order valence-corrected chi connectivity index (χ1v) is 11.3. The monoisotopic (exact) mass is 446 g/mol. The van der Waals surface area contributed by atoms with Crippen molar-refractivity contribution in [3.63, 3.8) is 0 Å². The number of hydrogen-bond donors (Lipinski definition) is 1. The lowest BCUT2D eigenvalue weighted by Crippen LogP contribution is -2.35. The third kappa shape index (κ3) is 5.46. The van der Waals surface area contributed by atoms with Crippen LogP contribution in [0.4, 0.5) is 10.1 Å². The van der Waals surface area contributed by atoms with Gasteiger partial charge in [-0.1, -0.05) is 23.4 Å². The number of carbonyl (C=O) groups is 1. The molecule has 2 aromatic carbocycles. The van der Waals surface area contributed by atoms with Crippen molar-refractivity contribution in [2.75, 3.05) is 24.5 Å². The molecule has 0 aliphatic carbocycles. The summed E-state index contributed by atoms with van der Waals surface area (Å²) in [5.41, 5.74) is 2.26. The molecule has 1 N–H and O–H groups in total. The lowest BCUT2D eigenvalue weighted by Gasteiger charge is -2.25. The van der Waals surface area contributed by atoms with Crippen molar-refractivity contribution in [1.29, 1.82) is 0 Å². The van der Waals surface area contributed by atoms with Gasteiger partial charge in [0.25, 0.3) is 5.91 Å². The smallest absolute Gasteiger partial charge is 0.251 e. The lowest BCUT2D eigenvalue weighted by atomic mass is 10.2. The van der Waals surface area contributed by atoms with Gasteiger partial charge >= 0.3 is 0 Å². The molecule has 8 nitrogen and oxygen atoms in total. The highest BCUT2D eigenvalue weighted by molar-refractivity contribution is 7.90. The molecule has 0 aliphatic heterocycles. The minimum absolute atomic E-state index is 0.0482. The molecule has 1 amide bonds. The molecule has 31 heavy (non-hydrogen) atoms. The number of halogens is 1. The number of amides is 1. The predicted molar refractivity (Wildman–Crippen MR) is 113 cm³/mol. The maximum Gasteiger partial charge on any atom is 0.251 e. The van der Waals surface area contributed by atoms with Crippen molar-refractivity contribution in [3.05, 3.63) is 71.6 Å². The van der Waals surface area contributed by atoms with Gasteiger partial charge in [0.05, 0.1) is 0 Å². The average molecular weight is 447 g/mol. The van der Waals surface area contributed by atoms with E-state index in [2.05, 4.69) is 24.9 Å². The number of nitrogens with zero attached hydrogens (tertiary/aromatic N) is 3.